The summed E-state index contributed by atoms with van der Waals surface area (Å²) in [5.74, 6) is -8.26. The molecule has 1 N–H and O–H groups in total. The maximum Gasteiger partial charge on any atom is 0.346 e. The van der Waals surface area contributed by atoms with Crippen LogP contribution in [0.3, 0.4) is 0 Å². The molecular weight excluding hydrogens is 764 g/mol. The number of esters is 4. The van der Waals surface area contributed by atoms with Crippen molar-refractivity contribution in [2.75, 3.05) is 13.7 Å². The number of ether oxygens (including phenoxy) is 9. The number of unbranched alkanes of at least 4 members (excludes halogenated alkanes) is 1. The highest BCUT2D eigenvalue weighted by molar-refractivity contribution is 5.99. The van der Waals surface area contributed by atoms with Gasteiger partial charge in [-0.15, -0.1) is 0 Å². The minimum absolute atomic E-state index is 0.00182. The third kappa shape index (κ3) is 11.9. The fourth-order valence-electron chi connectivity index (χ4n) is 7.22. The summed E-state index contributed by atoms with van der Waals surface area (Å²) in [6.45, 7) is 27.0. The van der Waals surface area contributed by atoms with Gasteiger partial charge in [0.1, 0.15) is 35.1 Å². The van der Waals surface area contributed by atoms with Gasteiger partial charge < -0.3 is 47.7 Å². The van der Waals surface area contributed by atoms with Crippen LogP contribution in [0.15, 0.2) is 42.5 Å². The summed E-state index contributed by atoms with van der Waals surface area (Å²) < 4.78 is 55.9. The van der Waals surface area contributed by atoms with Gasteiger partial charge >= 0.3 is 23.9 Å². The molecule has 3 rings (SSSR count). The van der Waals surface area contributed by atoms with Gasteiger partial charge in [-0.25, -0.2) is 14.4 Å². The Bertz CT molecular complexity index is 1640. The highest BCUT2D eigenvalue weighted by Gasteiger charge is 2.86. The van der Waals surface area contributed by atoms with Crippen LogP contribution in [0.4, 0.5) is 0 Å². The average Bonchev–Trinajstić information content (AvgIpc) is 3.32. The molecule has 334 valence electrons. The Morgan fingerprint density at radius 3 is 1.93 bits per heavy atom. The lowest BCUT2D eigenvalue weighted by molar-refractivity contribution is -0.387. The molecule has 2 heterocycles. The van der Waals surface area contributed by atoms with E-state index in [2.05, 4.69) is 6.58 Å². The zero-order valence-corrected chi connectivity index (χ0v) is 38.0. The Kier molecular flexibility index (Phi) is 15.8. The molecule has 0 spiro atoms. The minimum Gasteiger partial charge on any atom is -0.458 e. The molecule has 0 saturated carbocycles. The normalized spacial score (nSPS) is 27.0. The van der Waals surface area contributed by atoms with Crippen molar-refractivity contribution in [2.24, 2.45) is 5.92 Å². The Morgan fingerprint density at radius 1 is 0.864 bits per heavy atom. The molecule has 2 unspecified atom stereocenters. The SMILES string of the molecule is C=C(CC[C@@]12O[C@H](C(=O)OC(C)(C)C)[C@@](O)(C(=O)OC(C)(C)C)[C@@](C(=O)OC(C)(C)C)(O1)[C@H](OCCCC)[C@H]2OC(C)(C)OC)C(OC(C)=O)C(C)Cc1ccccc1. The number of carbonyl (C=O) groups is 4. The molecular formula is C45H70O14. The molecule has 0 amide bonds. The van der Waals surface area contributed by atoms with Crippen molar-refractivity contribution < 1.29 is 66.9 Å². The first-order chi connectivity index (χ1) is 27.0. The number of methoxy groups -OCH3 is 1. The molecule has 14 heteroatoms. The first-order valence-corrected chi connectivity index (χ1v) is 20.5. The van der Waals surface area contributed by atoms with Crippen molar-refractivity contribution in [1.82, 2.24) is 0 Å². The van der Waals surface area contributed by atoms with Crippen molar-refractivity contribution in [3.63, 3.8) is 0 Å². The number of rotatable bonds is 18. The van der Waals surface area contributed by atoms with Crippen LogP contribution in [-0.4, -0.2) is 107 Å². The highest BCUT2D eigenvalue weighted by Crippen LogP contribution is 2.58. The van der Waals surface area contributed by atoms with E-state index in [9.17, 15) is 19.5 Å². The maximum atomic E-state index is 15.2. The second kappa shape index (κ2) is 18.7. The Hall–Kier alpha value is -3.40. The Labute approximate surface area is 350 Å². The summed E-state index contributed by atoms with van der Waals surface area (Å²) in [4.78, 5) is 57.0. The molecule has 1 aromatic carbocycles. The summed E-state index contributed by atoms with van der Waals surface area (Å²) in [6.07, 6.45) is -4.81. The third-order valence-electron chi connectivity index (χ3n) is 9.84. The van der Waals surface area contributed by atoms with E-state index in [4.69, 9.17) is 42.6 Å². The van der Waals surface area contributed by atoms with Crippen LogP contribution in [0, 0.1) is 5.92 Å². The molecule has 2 saturated heterocycles. The standard InChI is InChI=1S/C45H70O14/c1-17-18-26-52-34-33(54-42(14,15)51-16)43(25-24-28(2)32(53-30(4)46)29(3)27-31-22-20-19-21-23-31)55-35(36(47)56-39(5,6)7)44(50,37(48)57-40(8,9)10)45(34,59-43)38(49)58-41(11,12)13/h19-23,29,32-35,50H,2,17-18,24-27H2,1,3-16H3/t29?,32?,33-,34-,35-,43-,44-,45-/m1/s1. The first kappa shape index (κ1) is 50.0. The van der Waals surface area contributed by atoms with Crippen LogP contribution < -0.4 is 0 Å². The van der Waals surface area contributed by atoms with Gasteiger partial charge in [-0.05, 0) is 107 Å². The molecule has 1 aromatic rings. The fraction of sp³-hybridized carbons (Fsp3) is 0.733. The highest BCUT2D eigenvalue weighted by atomic mass is 16.8. The van der Waals surface area contributed by atoms with E-state index in [0.29, 0.717) is 24.8 Å². The summed E-state index contributed by atoms with van der Waals surface area (Å²) in [7, 11) is 1.41. The van der Waals surface area contributed by atoms with Gasteiger partial charge in [0.15, 0.2) is 5.79 Å². The molecule has 0 radical (unpaired) electrons. The van der Waals surface area contributed by atoms with Crippen LogP contribution in [-0.2, 0) is 68.2 Å². The van der Waals surface area contributed by atoms with E-state index in [1.54, 1.807) is 76.2 Å². The van der Waals surface area contributed by atoms with Crippen molar-refractivity contribution >= 4 is 23.9 Å². The summed E-state index contributed by atoms with van der Waals surface area (Å²) in [6, 6.07) is 9.71. The zero-order chi connectivity index (χ0) is 45.0. The number of fused-ring (bicyclic) bond motifs is 2. The monoisotopic (exact) mass is 834 g/mol. The van der Waals surface area contributed by atoms with Gasteiger partial charge in [-0.1, -0.05) is 57.2 Å². The van der Waals surface area contributed by atoms with Crippen molar-refractivity contribution in [1.29, 1.82) is 0 Å². The topological polar surface area (TPSA) is 172 Å². The molecule has 59 heavy (non-hydrogen) atoms. The van der Waals surface area contributed by atoms with Crippen molar-refractivity contribution in [2.45, 2.75) is 193 Å². The molecule has 0 aliphatic carbocycles. The molecule has 0 aromatic heterocycles. The predicted octanol–water partition coefficient (Wildman–Crippen LogP) is 6.71. The molecule has 8 atom stereocenters. The van der Waals surface area contributed by atoms with E-state index >= 15 is 4.79 Å². The molecule has 2 aliphatic rings. The van der Waals surface area contributed by atoms with Crippen molar-refractivity contribution in [3.8, 4) is 0 Å². The second-order valence-electron chi connectivity index (χ2n) is 19.1. The van der Waals surface area contributed by atoms with Crippen LogP contribution in [0.5, 0.6) is 0 Å². The lowest BCUT2D eigenvalue weighted by Crippen LogP contribution is -2.79. The fourth-order valence-corrected chi connectivity index (χ4v) is 7.22. The van der Waals surface area contributed by atoms with Gasteiger partial charge in [0, 0.05) is 33.0 Å². The van der Waals surface area contributed by atoms with Gasteiger partial charge in [-0.3, -0.25) is 4.79 Å². The third-order valence-corrected chi connectivity index (χ3v) is 9.84. The minimum atomic E-state index is -3.30. The molecule has 2 bridgehead atoms. The molecule has 2 fully saturated rings. The van der Waals surface area contributed by atoms with Gasteiger partial charge in [0.25, 0.3) is 0 Å². The largest absolute Gasteiger partial charge is 0.458 e. The van der Waals surface area contributed by atoms with Gasteiger partial charge in [0.05, 0.1) is 0 Å². The summed E-state index contributed by atoms with van der Waals surface area (Å²) >= 11 is 0. The van der Waals surface area contributed by atoms with Crippen LogP contribution in [0.2, 0.25) is 0 Å². The Morgan fingerprint density at radius 2 is 1.42 bits per heavy atom. The lowest BCUT2D eigenvalue weighted by atomic mass is 9.74. The number of benzene rings is 1. The number of hydrogen-bond acceptors (Lipinski definition) is 14. The van der Waals surface area contributed by atoms with E-state index < -0.39 is 87.9 Å². The molecule has 14 nitrogen and oxygen atoms in total. The summed E-state index contributed by atoms with van der Waals surface area (Å²) in [5, 5.41) is 13.3. The van der Waals surface area contributed by atoms with Gasteiger partial charge in [-0.2, -0.15) is 0 Å². The first-order valence-electron chi connectivity index (χ1n) is 20.5. The molecule has 2 aliphatic heterocycles. The lowest BCUT2D eigenvalue weighted by Gasteiger charge is -2.51. The Balaban J connectivity index is 2.41. The second-order valence-corrected chi connectivity index (χ2v) is 19.1. The average molecular weight is 835 g/mol. The van der Waals surface area contributed by atoms with Crippen LogP contribution in [0.25, 0.3) is 0 Å². The van der Waals surface area contributed by atoms with E-state index in [1.165, 1.54) is 14.0 Å². The quantitative estimate of drug-likeness (QED) is 0.0544. The van der Waals surface area contributed by atoms with E-state index in [1.807, 2.05) is 44.2 Å². The van der Waals surface area contributed by atoms with Gasteiger partial charge in [0.2, 0.25) is 23.1 Å². The smallest absolute Gasteiger partial charge is 0.346 e. The van der Waals surface area contributed by atoms with Crippen LogP contribution >= 0.6 is 0 Å². The zero-order valence-electron chi connectivity index (χ0n) is 38.0. The maximum absolute atomic E-state index is 15.2. The number of aliphatic hydroxyl groups is 1. The van der Waals surface area contributed by atoms with E-state index in [-0.39, 0.29) is 25.4 Å². The summed E-state index contributed by atoms with van der Waals surface area (Å²) in [5.41, 5.74) is -8.35. The predicted molar refractivity (Wildman–Crippen MR) is 218 cm³/mol. The van der Waals surface area contributed by atoms with Crippen LogP contribution in [0.1, 0.15) is 128 Å². The van der Waals surface area contributed by atoms with E-state index in [0.717, 1.165) is 5.56 Å². The number of hydrogen-bond donors (Lipinski definition) is 1. The number of carbonyl (C=O) groups excluding carboxylic acids is 4. The van der Waals surface area contributed by atoms with Crippen molar-refractivity contribution in [3.05, 3.63) is 48.0 Å².